The highest BCUT2D eigenvalue weighted by atomic mass is 32.1. The van der Waals surface area contributed by atoms with E-state index in [0.29, 0.717) is 0 Å². The van der Waals surface area contributed by atoms with Crippen molar-refractivity contribution in [2.75, 3.05) is 0 Å². The molecule has 152 valence electrons. The lowest BCUT2D eigenvalue weighted by Crippen LogP contribution is -1.99. The van der Waals surface area contributed by atoms with E-state index in [-0.39, 0.29) is 0 Å². The van der Waals surface area contributed by atoms with Gasteiger partial charge in [-0.2, -0.15) is 0 Å². The minimum atomic E-state index is 0.851. The normalized spacial score (nSPS) is 14.6. The summed E-state index contributed by atoms with van der Waals surface area (Å²) in [5.41, 5.74) is 6.37. The van der Waals surface area contributed by atoms with Crippen LogP contribution in [0.3, 0.4) is 0 Å². The molecule has 1 nitrogen and oxygen atoms in total. The molecule has 2 heterocycles. The predicted octanol–water partition coefficient (Wildman–Crippen LogP) is 8.52. The van der Waals surface area contributed by atoms with E-state index >= 15 is 0 Å². The molecule has 0 N–H and O–H groups in total. The summed E-state index contributed by atoms with van der Waals surface area (Å²) in [5, 5.41) is 2.69. The quantitative estimate of drug-likeness (QED) is 0.284. The SMILES string of the molecule is c1ccc(-c2cccc3sc4c(-c5cc(CC6CCCC6)ccn5)cccc4c23)cc1. The third-order valence-corrected chi connectivity index (χ3v) is 7.91. The maximum absolute atomic E-state index is 4.79. The van der Waals surface area contributed by atoms with Crippen LogP contribution in [0.1, 0.15) is 31.2 Å². The van der Waals surface area contributed by atoms with Gasteiger partial charge in [-0.15, -0.1) is 11.3 Å². The highest BCUT2D eigenvalue weighted by Gasteiger charge is 2.17. The largest absolute Gasteiger partial charge is 0.256 e. The molecule has 0 unspecified atom stereocenters. The summed E-state index contributed by atoms with van der Waals surface area (Å²) in [6.45, 7) is 0. The molecule has 1 saturated carbocycles. The van der Waals surface area contributed by atoms with E-state index in [9.17, 15) is 0 Å². The van der Waals surface area contributed by atoms with Crippen LogP contribution >= 0.6 is 11.3 Å². The van der Waals surface area contributed by atoms with Crippen LogP contribution in [0.25, 0.3) is 42.6 Å². The number of pyridine rings is 1. The second-order valence-electron chi connectivity index (χ2n) is 8.73. The Hall–Kier alpha value is -2.97. The van der Waals surface area contributed by atoms with Crippen molar-refractivity contribution in [3.8, 4) is 22.4 Å². The van der Waals surface area contributed by atoms with Gasteiger partial charge in [-0.05, 0) is 47.2 Å². The van der Waals surface area contributed by atoms with E-state index in [4.69, 9.17) is 4.98 Å². The number of hydrogen-bond donors (Lipinski definition) is 0. The molecule has 0 atom stereocenters. The van der Waals surface area contributed by atoms with Crippen LogP contribution in [-0.2, 0) is 6.42 Å². The summed E-state index contributed by atoms with van der Waals surface area (Å²) in [5.74, 6) is 0.851. The van der Waals surface area contributed by atoms with Crippen molar-refractivity contribution in [1.82, 2.24) is 4.98 Å². The average Bonchev–Trinajstić information content (AvgIpc) is 3.47. The number of hydrogen-bond acceptors (Lipinski definition) is 2. The third-order valence-electron chi connectivity index (χ3n) is 6.71. The van der Waals surface area contributed by atoms with Gasteiger partial charge in [0.1, 0.15) is 0 Å². The molecule has 6 rings (SSSR count). The van der Waals surface area contributed by atoms with E-state index < -0.39 is 0 Å². The number of thiophene rings is 1. The van der Waals surface area contributed by atoms with Crippen LogP contribution in [0, 0.1) is 5.92 Å². The Morgan fingerprint density at radius 2 is 1.61 bits per heavy atom. The molecule has 2 aromatic heterocycles. The van der Waals surface area contributed by atoms with Crippen LogP contribution < -0.4 is 0 Å². The Bertz CT molecular complexity index is 1360. The Balaban J connectivity index is 1.50. The maximum atomic E-state index is 4.79. The average molecular weight is 420 g/mol. The molecule has 3 aromatic carbocycles. The van der Waals surface area contributed by atoms with Gasteiger partial charge in [0, 0.05) is 31.9 Å². The van der Waals surface area contributed by atoms with Crippen LogP contribution in [-0.4, -0.2) is 4.98 Å². The van der Waals surface area contributed by atoms with Crippen molar-refractivity contribution in [1.29, 1.82) is 0 Å². The van der Waals surface area contributed by atoms with E-state index in [1.54, 1.807) is 0 Å². The summed E-state index contributed by atoms with van der Waals surface area (Å²) < 4.78 is 2.68. The smallest absolute Gasteiger partial charge is 0.0719 e. The fraction of sp³-hybridized carbons (Fsp3) is 0.207. The number of fused-ring (bicyclic) bond motifs is 3. The van der Waals surface area contributed by atoms with E-state index in [1.807, 2.05) is 17.5 Å². The number of rotatable bonds is 4. The van der Waals surface area contributed by atoms with Crippen molar-refractivity contribution in [3.05, 3.63) is 90.6 Å². The zero-order valence-corrected chi connectivity index (χ0v) is 18.4. The molecular weight excluding hydrogens is 394 g/mol. The molecule has 0 radical (unpaired) electrons. The first-order valence-electron chi connectivity index (χ1n) is 11.3. The zero-order valence-electron chi connectivity index (χ0n) is 17.6. The second kappa shape index (κ2) is 7.94. The van der Waals surface area contributed by atoms with Gasteiger partial charge in [-0.25, -0.2) is 0 Å². The molecule has 31 heavy (non-hydrogen) atoms. The molecule has 0 aliphatic heterocycles. The molecule has 0 amide bonds. The number of aromatic nitrogens is 1. The van der Waals surface area contributed by atoms with Gasteiger partial charge in [0.05, 0.1) is 5.69 Å². The van der Waals surface area contributed by atoms with Crippen molar-refractivity contribution in [2.24, 2.45) is 5.92 Å². The third kappa shape index (κ3) is 3.45. The van der Waals surface area contributed by atoms with Crippen LogP contribution in [0.5, 0.6) is 0 Å². The van der Waals surface area contributed by atoms with Crippen molar-refractivity contribution >= 4 is 31.5 Å². The lowest BCUT2D eigenvalue weighted by Gasteiger charge is -2.10. The van der Waals surface area contributed by atoms with Crippen LogP contribution in [0.2, 0.25) is 0 Å². The Labute approximate surface area is 187 Å². The van der Waals surface area contributed by atoms with Gasteiger partial charge < -0.3 is 0 Å². The van der Waals surface area contributed by atoms with Crippen LogP contribution in [0.15, 0.2) is 85.1 Å². The number of benzene rings is 3. The van der Waals surface area contributed by atoms with Crippen molar-refractivity contribution < 1.29 is 0 Å². The maximum Gasteiger partial charge on any atom is 0.0719 e. The molecular formula is C29H25NS. The van der Waals surface area contributed by atoms with Gasteiger partial charge in [0.2, 0.25) is 0 Å². The molecule has 0 saturated heterocycles. The molecule has 5 aromatic rings. The summed E-state index contributed by atoms with van der Waals surface area (Å²) in [6.07, 6.45) is 8.75. The summed E-state index contributed by atoms with van der Waals surface area (Å²) in [4.78, 5) is 4.79. The topological polar surface area (TPSA) is 12.9 Å². The highest BCUT2D eigenvalue weighted by molar-refractivity contribution is 7.26. The van der Waals surface area contributed by atoms with E-state index in [0.717, 1.165) is 11.6 Å². The highest BCUT2D eigenvalue weighted by Crippen LogP contribution is 2.43. The molecule has 0 spiro atoms. The minimum Gasteiger partial charge on any atom is -0.256 e. The summed E-state index contributed by atoms with van der Waals surface area (Å²) >= 11 is 1.89. The fourth-order valence-electron chi connectivity index (χ4n) is 5.20. The second-order valence-corrected chi connectivity index (χ2v) is 9.79. The first-order valence-corrected chi connectivity index (χ1v) is 12.1. The summed E-state index contributed by atoms with van der Waals surface area (Å²) in [6, 6.07) is 28.6. The lowest BCUT2D eigenvalue weighted by molar-refractivity contribution is 0.546. The standard InChI is InChI=1S/C29H25NS/c1-2-10-22(11-3-1)23-12-7-15-27-28(23)25-14-6-13-24(29(25)31-27)26-19-21(16-17-30-26)18-20-8-4-5-9-20/h1-3,6-7,10-17,19-20H,4-5,8-9,18H2. The zero-order chi connectivity index (χ0) is 20.6. The number of nitrogens with zero attached hydrogens (tertiary/aromatic N) is 1. The molecule has 1 aliphatic carbocycles. The summed E-state index contributed by atoms with van der Waals surface area (Å²) in [7, 11) is 0. The van der Waals surface area contributed by atoms with E-state index in [2.05, 4.69) is 78.9 Å². The fourth-order valence-corrected chi connectivity index (χ4v) is 6.46. The van der Waals surface area contributed by atoms with Gasteiger partial charge >= 0.3 is 0 Å². The Morgan fingerprint density at radius 1 is 0.806 bits per heavy atom. The Kier molecular flexibility index (Phi) is 4.81. The van der Waals surface area contributed by atoms with Crippen molar-refractivity contribution in [2.45, 2.75) is 32.1 Å². The first kappa shape index (κ1) is 18.8. The monoisotopic (exact) mass is 419 g/mol. The van der Waals surface area contributed by atoms with Gasteiger partial charge in [-0.3, -0.25) is 4.98 Å². The molecule has 2 heteroatoms. The van der Waals surface area contributed by atoms with Crippen LogP contribution in [0.4, 0.5) is 0 Å². The first-order chi connectivity index (χ1) is 15.4. The molecule has 0 bridgehead atoms. The van der Waals surface area contributed by atoms with Gasteiger partial charge in [0.15, 0.2) is 0 Å². The van der Waals surface area contributed by atoms with Crippen molar-refractivity contribution in [3.63, 3.8) is 0 Å². The minimum absolute atomic E-state index is 0.851. The molecule has 1 aliphatic rings. The predicted molar refractivity (Wildman–Crippen MR) is 134 cm³/mol. The molecule has 1 fully saturated rings. The van der Waals surface area contributed by atoms with Gasteiger partial charge in [-0.1, -0.05) is 86.3 Å². The Morgan fingerprint density at radius 3 is 2.48 bits per heavy atom. The van der Waals surface area contributed by atoms with E-state index in [1.165, 1.54) is 74.5 Å². The lowest BCUT2D eigenvalue weighted by atomic mass is 9.96. The van der Waals surface area contributed by atoms with Gasteiger partial charge in [0.25, 0.3) is 0 Å².